The lowest BCUT2D eigenvalue weighted by atomic mass is 10.0. The van der Waals surface area contributed by atoms with Crippen molar-refractivity contribution in [2.45, 2.75) is 19.2 Å². The third-order valence-electron chi connectivity index (χ3n) is 4.40. The molecule has 1 N–H and O–H groups in total. The van der Waals surface area contributed by atoms with Crippen molar-refractivity contribution in [2.24, 2.45) is 0 Å². The van der Waals surface area contributed by atoms with Crippen LogP contribution >= 0.6 is 11.3 Å². The van der Waals surface area contributed by atoms with Gasteiger partial charge in [-0.05, 0) is 42.6 Å². The molecule has 0 saturated carbocycles. The van der Waals surface area contributed by atoms with Crippen LogP contribution in [0.25, 0.3) is 5.70 Å². The molecule has 0 spiro atoms. The van der Waals surface area contributed by atoms with E-state index in [0.717, 1.165) is 28.5 Å². The predicted molar refractivity (Wildman–Crippen MR) is 93.3 cm³/mol. The summed E-state index contributed by atoms with van der Waals surface area (Å²) in [5.41, 5.74) is 5.63. The number of nitrogens with zero attached hydrogens (tertiary/aromatic N) is 1. The average molecular weight is 336 g/mol. The highest BCUT2D eigenvalue weighted by atomic mass is 32.1. The number of fused-ring (bicyclic) bond motifs is 3. The Hall–Kier alpha value is -2.50. The summed E-state index contributed by atoms with van der Waals surface area (Å²) in [6.07, 6.45) is 2.05. The molecule has 0 saturated heterocycles. The van der Waals surface area contributed by atoms with Crippen LogP contribution in [0.15, 0.2) is 64.4 Å². The van der Waals surface area contributed by atoms with Crippen LogP contribution in [0.3, 0.4) is 0 Å². The van der Waals surface area contributed by atoms with Gasteiger partial charge in [0.2, 0.25) is 6.23 Å². The van der Waals surface area contributed by atoms with Crippen molar-refractivity contribution >= 4 is 17.0 Å². The molecule has 4 heterocycles. The van der Waals surface area contributed by atoms with Crippen molar-refractivity contribution in [2.75, 3.05) is 0 Å². The van der Waals surface area contributed by atoms with Crippen LogP contribution in [0.4, 0.5) is 0 Å². The number of thiophene rings is 1. The van der Waals surface area contributed by atoms with E-state index in [1.54, 1.807) is 11.3 Å². The zero-order valence-corrected chi connectivity index (χ0v) is 13.9. The minimum absolute atomic E-state index is 0.113. The van der Waals surface area contributed by atoms with Crippen molar-refractivity contribution in [3.63, 3.8) is 0 Å². The first-order chi connectivity index (χ1) is 11.8. The van der Waals surface area contributed by atoms with Crippen molar-refractivity contribution in [1.29, 1.82) is 0 Å². The molecule has 0 bridgehead atoms. The van der Waals surface area contributed by atoms with Gasteiger partial charge in [-0.15, -0.1) is 11.3 Å². The number of hydrogen-bond acceptors (Lipinski definition) is 5. The first kappa shape index (κ1) is 13.9. The van der Waals surface area contributed by atoms with E-state index in [4.69, 9.17) is 9.15 Å². The van der Waals surface area contributed by atoms with Crippen LogP contribution in [-0.2, 0) is 0 Å². The van der Waals surface area contributed by atoms with E-state index in [0.29, 0.717) is 0 Å². The standard InChI is InChI=1S/C19H16N2O2S/c1-12-8-9-17(22-12)14-11-15-13-5-2-3-6-16(13)23-19(21(15)20-14)18-7-4-10-24-18/h2-11,15,19-20H,1H3/t15-,19+/m0/s1. The second-order valence-corrected chi connectivity index (χ2v) is 6.96. The van der Waals surface area contributed by atoms with E-state index >= 15 is 0 Å². The van der Waals surface area contributed by atoms with Gasteiger partial charge in [0.05, 0.1) is 16.6 Å². The fourth-order valence-electron chi connectivity index (χ4n) is 3.28. The number of nitrogens with one attached hydrogen (secondary N) is 1. The number of para-hydroxylation sites is 1. The number of furan rings is 1. The average Bonchev–Trinajstić information content (AvgIpc) is 3.34. The number of ether oxygens (including phenoxy) is 1. The molecule has 0 amide bonds. The van der Waals surface area contributed by atoms with Crippen LogP contribution in [0.5, 0.6) is 5.75 Å². The highest BCUT2D eigenvalue weighted by Gasteiger charge is 2.40. The molecule has 2 atom stereocenters. The second-order valence-electron chi connectivity index (χ2n) is 5.98. The molecule has 5 heteroatoms. The zero-order chi connectivity index (χ0) is 16.1. The van der Waals surface area contributed by atoms with Gasteiger partial charge in [0.1, 0.15) is 11.5 Å². The topological polar surface area (TPSA) is 37.6 Å². The maximum atomic E-state index is 6.29. The van der Waals surface area contributed by atoms with Gasteiger partial charge in [-0.25, -0.2) is 0 Å². The van der Waals surface area contributed by atoms with Crippen molar-refractivity contribution in [3.8, 4) is 5.75 Å². The lowest BCUT2D eigenvalue weighted by Gasteiger charge is -2.38. The summed E-state index contributed by atoms with van der Waals surface area (Å²) in [4.78, 5) is 1.17. The quantitative estimate of drug-likeness (QED) is 0.739. The third-order valence-corrected chi connectivity index (χ3v) is 5.30. The molecular formula is C19H16N2O2S. The molecule has 0 fully saturated rings. The van der Waals surface area contributed by atoms with E-state index in [2.05, 4.69) is 46.2 Å². The van der Waals surface area contributed by atoms with Crippen LogP contribution in [-0.4, -0.2) is 5.01 Å². The number of aryl methyl sites for hydroxylation is 1. The highest BCUT2D eigenvalue weighted by molar-refractivity contribution is 7.10. The van der Waals surface area contributed by atoms with E-state index < -0.39 is 0 Å². The molecule has 0 radical (unpaired) electrons. The molecular weight excluding hydrogens is 320 g/mol. The highest BCUT2D eigenvalue weighted by Crippen LogP contribution is 2.46. The molecule has 24 heavy (non-hydrogen) atoms. The van der Waals surface area contributed by atoms with Crippen LogP contribution < -0.4 is 10.2 Å². The summed E-state index contributed by atoms with van der Waals surface area (Å²) in [5, 5.41) is 4.23. The molecule has 0 aliphatic carbocycles. The zero-order valence-electron chi connectivity index (χ0n) is 13.1. The maximum absolute atomic E-state index is 6.29. The largest absolute Gasteiger partial charge is 0.468 e. The van der Waals surface area contributed by atoms with E-state index in [1.807, 2.05) is 31.2 Å². The Bertz CT molecular complexity index is 913. The Kier molecular flexibility index (Phi) is 3.04. The summed E-state index contributed by atoms with van der Waals surface area (Å²) < 4.78 is 12.1. The molecule has 2 aliphatic rings. The summed E-state index contributed by atoms with van der Waals surface area (Å²) >= 11 is 1.70. The fraction of sp³-hybridized carbons (Fsp3) is 0.158. The van der Waals surface area contributed by atoms with Gasteiger partial charge in [0.25, 0.3) is 0 Å². The minimum Gasteiger partial charge on any atom is -0.468 e. The Labute approximate surface area is 143 Å². The summed E-state index contributed by atoms with van der Waals surface area (Å²) in [6, 6.07) is 16.5. The monoisotopic (exact) mass is 336 g/mol. The van der Waals surface area contributed by atoms with Gasteiger partial charge in [0.15, 0.2) is 5.76 Å². The normalized spacial score (nSPS) is 22.3. The van der Waals surface area contributed by atoms with Gasteiger partial charge in [-0.2, -0.15) is 5.01 Å². The molecule has 5 rings (SSSR count). The maximum Gasteiger partial charge on any atom is 0.205 e. The summed E-state index contributed by atoms with van der Waals surface area (Å²) in [5.74, 6) is 2.69. The number of rotatable bonds is 2. The van der Waals surface area contributed by atoms with Gasteiger partial charge in [0, 0.05) is 5.56 Å². The molecule has 2 aromatic heterocycles. The van der Waals surface area contributed by atoms with Gasteiger partial charge in [-0.1, -0.05) is 24.3 Å². The predicted octanol–water partition coefficient (Wildman–Crippen LogP) is 4.64. The molecule has 120 valence electrons. The Morgan fingerprint density at radius 1 is 1.08 bits per heavy atom. The molecule has 1 aromatic carbocycles. The van der Waals surface area contributed by atoms with Gasteiger partial charge >= 0.3 is 0 Å². The minimum atomic E-state index is -0.158. The summed E-state index contributed by atoms with van der Waals surface area (Å²) in [7, 11) is 0. The lowest BCUT2D eigenvalue weighted by molar-refractivity contribution is -0.0304. The van der Waals surface area contributed by atoms with E-state index in [1.165, 1.54) is 4.88 Å². The van der Waals surface area contributed by atoms with Crippen molar-refractivity contribution < 1.29 is 9.15 Å². The molecule has 2 aliphatic heterocycles. The number of benzene rings is 1. The van der Waals surface area contributed by atoms with Crippen LogP contribution in [0, 0.1) is 6.92 Å². The Morgan fingerprint density at radius 2 is 2.00 bits per heavy atom. The molecule has 0 unspecified atom stereocenters. The summed E-state index contributed by atoms with van der Waals surface area (Å²) in [6.45, 7) is 1.96. The smallest absolute Gasteiger partial charge is 0.205 e. The van der Waals surface area contributed by atoms with Crippen molar-refractivity contribution in [1.82, 2.24) is 10.4 Å². The van der Waals surface area contributed by atoms with Crippen LogP contribution in [0.2, 0.25) is 0 Å². The molecule has 3 aromatic rings. The van der Waals surface area contributed by atoms with Gasteiger partial charge in [-0.3, -0.25) is 0 Å². The van der Waals surface area contributed by atoms with E-state index in [-0.39, 0.29) is 12.3 Å². The van der Waals surface area contributed by atoms with E-state index in [9.17, 15) is 0 Å². The Balaban J connectivity index is 1.60. The number of hydrazine groups is 1. The lowest BCUT2D eigenvalue weighted by Crippen LogP contribution is -2.42. The van der Waals surface area contributed by atoms with Crippen LogP contribution in [0.1, 0.15) is 34.2 Å². The third kappa shape index (κ3) is 2.09. The molecule has 4 nitrogen and oxygen atoms in total. The van der Waals surface area contributed by atoms with Gasteiger partial charge < -0.3 is 14.6 Å². The second kappa shape index (κ2) is 5.26. The van der Waals surface area contributed by atoms with Crippen molar-refractivity contribution in [3.05, 3.63) is 81.9 Å². The first-order valence-electron chi connectivity index (χ1n) is 7.92. The number of hydrogen-bond donors (Lipinski definition) is 1. The SMILES string of the molecule is Cc1ccc(C2=C[C@H]3c4ccccc4O[C@H](c4cccs4)N3N2)o1. The first-order valence-corrected chi connectivity index (χ1v) is 8.80. The Morgan fingerprint density at radius 3 is 2.79 bits per heavy atom. The fourth-order valence-corrected chi connectivity index (χ4v) is 4.03.